The summed E-state index contributed by atoms with van der Waals surface area (Å²) in [6.45, 7) is 0.283. The molecule has 0 aromatic heterocycles. The van der Waals surface area contributed by atoms with Crippen LogP contribution in [-0.4, -0.2) is 42.0 Å². The van der Waals surface area contributed by atoms with Gasteiger partial charge >= 0.3 is 5.97 Å². The van der Waals surface area contributed by atoms with E-state index < -0.39 is 46.4 Å². The van der Waals surface area contributed by atoms with Crippen LogP contribution < -0.4 is 10.5 Å². The number of esters is 1. The minimum atomic E-state index is -1.36. The SMILES string of the molecule is NC(=O)C1(N2CCC(c3ccc(CCCOc4c(F)ccc(F)c4F)cc3)=C(C(=O)OCc3c(F)cccc3Cl)C2)CC1. The highest BCUT2D eigenvalue weighted by Crippen LogP contribution is 2.44. The predicted octanol–water partition coefficient (Wildman–Crippen LogP) is 6.13. The predicted molar refractivity (Wildman–Crippen MR) is 152 cm³/mol. The summed E-state index contributed by atoms with van der Waals surface area (Å²) in [7, 11) is 0. The van der Waals surface area contributed by atoms with Crippen LogP contribution in [0.15, 0.2) is 60.2 Å². The van der Waals surface area contributed by atoms with Crippen molar-refractivity contribution < 1.29 is 36.6 Å². The number of hydrogen-bond acceptors (Lipinski definition) is 5. The number of nitrogens with two attached hydrogens (primary N) is 1. The summed E-state index contributed by atoms with van der Waals surface area (Å²) in [4.78, 5) is 27.5. The molecule has 1 fully saturated rings. The number of halogens is 5. The fraction of sp³-hybridized carbons (Fsp3) is 0.312. The maximum Gasteiger partial charge on any atom is 0.335 e. The smallest absolute Gasteiger partial charge is 0.335 e. The van der Waals surface area contributed by atoms with Crippen molar-refractivity contribution in [1.29, 1.82) is 0 Å². The summed E-state index contributed by atoms with van der Waals surface area (Å²) >= 11 is 6.10. The largest absolute Gasteiger partial charge is 0.488 e. The van der Waals surface area contributed by atoms with Gasteiger partial charge in [0, 0.05) is 18.7 Å². The monoisotopic (exact) mass is 616 g/mol. The third-order valence-electron chi connectivity index (χ3n) is 7.95. The van der Waals surface area contributed by atoms with Gasteiger partial charge in [-0.25, -0.2) is 18.0 Å². The van der Waals surface area contributed by atoms with Crippen molar-refractivity contribution in [3.63, 3.8) is 0 Å². The summed E-state index contributed by atoms with van der Waals surface area (Å²) in [6, 6.07) is 13.2. The summed E-state index contributed by atoms with van der Waals surface area (Å²) in [5.41, 5.74) is 7.76. The molecule has 0 spiro atoms. The van der Waals surface area contributed by atoms with E-state index in [2.05, 4.69) is 0 Å². The Morgan fingerprint density at radius 3 is 2.35 bits per heavy atom. The number of ether oxygens (including phenoxy) is 2. The molecule has 1 heterocycles. The summed E-state index contributed by atoms with van der Waals surface area (Å²) in [5, 5.41) is 0.144. The van der Waals surface area contributed by atoms with Crippen LogP contribution in [-0.2, 0) is 27.4 Å². The second kappa shape index (κ2) is 12.8. The molecule has 0 radical (unpaired) electrons. The first-order valence-corrected chi connectivity index (χ1v) is 14.2. The van der Waals surface area contributed by atoms with Crippen LogP contribution in [0.3, 0.4) is 0 Å². The van der Waals surface area contributed by atoms with Gasteiger partial charge in [-0.3, -0.25) is 9.69 Å². The first-order valence-electron chi connectivity index (χ1n) is 13.8. The number of primary amides is 1. The van der Waals surface area contributed by atoms with Crippen molar-refractivity contribution in [2.75, 3.05) is 19.7 Å². The van der Waals surface area contributed by atoms with E-state index in [1.54, 1.807) is 0 Å². The van der Waals surface area contributed by atoms with E-state index in [9.17, 15) is 27.2 Å². The molecule has 3 aromatic rings. The first-order chi connectivity index (χ1) is 20.6. The van der Waals surface area contributed by atoms with Gasteiger partial charge in [-0.1, -0.05) is 41.9 Å². The fourth-order valence-electron chi connectivity index (χ4n) is 5.33. The number of nitrogens with zero attached hydrogens (tertiary/aromatic N) is 1. The normalized spacial score (nSPS) is 16.2. The number of aryl methyl sites for hydroxylation is 1. The van der Waals surface area contributed by atoms with Crippen LogP contribution in [0.1, 0.15) is 42.4 Å². The van der Waals surface area contributed by atoms with Gasteiger partial charge in [-0.2, -0.15) is 4.39 Å². The summed E-state index contributed by atoms with van der Waals surface area (Å²) in [5.74, 6) is -5.92. The van der Waals surface area contributed by atoms with Gasteiger partial charge in [-0.05, 0) is 73.1 Å². The van der Waals surface area contributed by atoms with E-state index in [0.29, 0.717) is 50.3 Å². The lowest BCUT2D eigenvalue weighted by molar-refractivity contribution is -0.141. The number of hydrogen-bond donors (Lipinski definition) is 1. The average Bonchev–Trinajstić information content (AvgIpc) is 3.81. The van der Waals surface area contributed by atoms with Gasteiger partial charge in [0.1, 0.15) is 18.0 Å². The Hall–Kier alpha value is -3.89. The van der Waals surface area contributed by atoms with Crippen molar-refractivity contribution in [1.82, 2.24) is 4.90 Å². The standard InChI is InChI=1S/C32H29ClF4N2O4/c33-24-4-1-5-25(34)23(24)18-43-30(40)22-17-39(32(13-14-32)31(38)41)15-12-21(22)20-8-6-19(7-9-20)3-2-16-42-29-27(36)11-10-26(35)28(29)37/h1,4-11H,2-3,12-18H2,(H2,38,41). The Labute approximate surface area is 251 Å². The van der Waals surface area contributed by atoms with E-state index in [4.69, 9.17) is 26.8 Å². The first kappa shape index (κ1) is 30.6. The van der Waals surface area contributed by atoms with E-state index in [0.717, 1.165) is 22.8 Å². The fourth-order valence-corrected chi connectivity index (χ4v) is 5.55. The van der Waals surface area contributed by atoms with Crippen LogP contribution >= 0.6 is 11.6 Å². The molecule has 2 N–H and O–H groups in total. The Kier molecular flexibility index (Phi) is 9.08. The van der Waals surface area contributed by atoms with Gasteiger partial charge in [0.05, 0.1) is 17.2 Å². The number of carbonyl (C=O) groups excluding carboxylic acids is 2. The van der Waals surface area contributed by atoms with Crippen molar-refractivity contribution in [3.05, 3.63) is 105 Å². The molecule has 0 unspecified atom stereocenters. The molecule has 0 saturated heterocycles. The molecule has 3 aromatic carbocycles. The summed E-state index contributed by atoms with van der Waals surface area (Å²) < 4.78 is 65.9. The molecule has 2 aliphatic rings. The molecule has 1 amide bonds. The highest BCUT2D eigenvalue weighted by molar-refractivity contribution is 6.31. The van der Waals surface area contributed by atoms with Crippen molar-refractivity contribution in [2.45, 2.75) is 44.2 Å². The van der Waals surface area contributed by atoms with Crippen molar-refractivity contribution in [3.8, 4) is 5.75 Å². The maximum atomic E-state index is 14.3. The zero-order valence-electron chi connectivity index (χ0n) is 23.1. The Morgan fingerprint density at radius 2 is 1.67 bits per heavy atom. The molecule has 1 aliphatic heterocycles. The molecule has 5 rings (SSSR count). The lowest BCUT2D eigenvalue weighted by Crippen LogP contribution is -2.50. The van der Waals surface area contributed by atoms with Crippen LogP contribution in [0.5, 0.6) is 5.75 Å². The number of rotatable bonds is 11. The Bertz CT molecular complexity index is 1550. The second-order valence-electron chi connectivity index (χ2n) is 10.6. The third-order valence-corrected chi connectivity index (χ3v) is 8.30. The van der Waals surface area contributed by atoms with Gasteiger partial charge in [0.2, 0.25) is 11.7 Å². The number of benzene rings is 3. The van der Waals surface area contributed by atoms with Crippen LogP contribution in [0.25, 0.3) is 5.57 Å². The Balaban J connectivity index is 1.29. The minimum absolute atomic E-state index is 0.0241. The summed E-state index contributed by atoms with van der Waals surface area (Å²) in [6.07, 6.45) is 2.62. The van der Waals surface area contributed by atoms with E-state index in [1.165, 1.54) is 18.2 Å². The van der Waals surface area contributed by atoms with Gasteiger partial charge in [0.15, 0.2) is 17.4 Å². The van der Waals surface area contributed by atoms with E-state index in [-0.39, 0.29) is 30.3 Å². The molecule has 0 atom stereocenters. The quantitative estimate of drug-likeness (QED) is 0.121. The highest BCUT2D eigenvalue weighted by atomic mass is 35.5. The van der Waals surface area contributed by atoms with E-state index >= 15 is 0 Å². The Morgan fingerprint density at radius 1 is 0.953 bits per heavy atom. The molecule has 1 saturated carbocycles. The minimum Gasteiger partial charge on any atom is -0.488 e. The average molecular weight is 617 g/mol. The molecule has 0 bridgehead atoms. The zero-order valence-corrected chi connectivity index (χ0v) is 23.9. The second-order valence-corrected chi connectivity index (χ2v) is 11.0. The molecule has 11 heteroatoms. The zero-order chi connectivity index (χ0) is 30.7. The molecule has 226 valence electrons. The van der Waals surface area contributed by atoms with Gasteiger partial charge < -0.3 is 15.2 Å². The topological polar surface area (TPSA) is 81.9 Å². The van der Waals surface area contributed by atoms with Gasteiger partial charge in [-0.15, -0.1) is 0 Å². The number of amides is 1. The third kappa shape index (κ3) is 6.55. The maximum absolute atomic E-state index is 14.3. The van der Waals surface area contributed by atoms with Gasteiger partial charge in [0.25, 0.3) is 0 Å². The lowest BCUT2D eigenvalue weighted by atomic mass is 9.91. The molecule has 1 aliphatic carbocycles. The van der Waals surface area contributed by atoms with Crippen LogP contribution in [0.4, 0.5) is 17.6 Å². The molecular formula is C32H29ClF4N2O4. The number of carbonyl (C=O) groups is 2. The lowest BCUT2D eigenvalue weighted by Gasteiger charge is -2.35. The molecule has 6 nitrogen and oxygen atoms in total. The molecular weight excluding hydrogens is 588 g/mol. The van der Waals surface area contributed by atoms with Crippen LogP contribution in [0, 0.1) is 23.3 Å². The van der Waals surface area contributed by atoms with E-state index in [1.807, 2.05) is 29.2 Å². The van der Waals surface area contributed by atoms with Crippen molar-refractivity contribution >= 4 is 29.1 Å². The van der Waals surface area contributed by atoms with Crippen molar-refractivity contribution in [2.24, 2.45) is 5.73 Å². The van der Waals surface area contributed by atoms with Crippen LogP contribution in [0.2, 0.25) is 5.02 Å². The molecule has 43 heavy (non-hydrogen) atoms. The highest BCUT2D eigenvalue weighted by Gasteiger charge is 2.54.